The number of hydrogen-bond acceptors (Lipinski definition) is 3. The van der Waals surface area contributed by atoms with Gasteiger partial charge in [-0.15, -0.1) is 0 Å². The highest BCUT2D eigenvalue weighted by atomic mass is 16.5. The third-order valence-electron chi connectivity index (χ3n) is 1.69. The molecule has 0 bridgehead atoms. The Bertz CT molecular complexity index is 295. The average molecular weight is 210 g/mol. The molecule has 1 N–H and O–H groups in total. The summed E-state index contributed by atoms with van der Waals surface area (Å²) in [6, 6.07) is 7.47. The zero-order valence-electron chi connectivity index (χ0n) is 9.43. The molecule has 84 valence electrons. The molecular weight excluding hydrogens is 192 g/mol. The van der Waals surface area contributed by atoms with Crippen LogP contribution in [0.2, 0.25) is 0 Å². The molecular formula is C12H18O3. The molecule has 0 heterocycles. The zero-order valence-corrected chi connectivity index (χ0v) is 9.43. The van der Waals surface area contributed by atoms with Gasteiger partial charge >= 0.3 is 0 Å². The molecule has 1 atom stereocenters. The summed E-state index contributed by atoms with van der Waals surface area (Å²) in [5, 5.41) is 9.12. The van der Waals surface area contributed by atoms with E-state index in [9.17, 15) is 0 Å². The van der Waals surface area contributed by atoms with Crippen molar-refractivity contribution >= 4 is 0 Å². The van der Waals surface area contributed by atoms with Crippen molar-refractivity contribution in [2.75, 3.05) is 6.61 Å². The van der Waals surface area contributed by atoms with E-state index in [1.54, 1.807) is 6.92 Å². The van der Waals surface area contributed by atoms with Crippen LogP contribution in [0.5, 0.6) is 11.5 Å². The fraction of sp³-hybridized carbons (Fsp3) is 0.500. The van der Waals surface area contributed by atoms with E-state index in [1.807, 2.05) is 38.1 Å². The molecule has 0 aliphatic rings. The second-order valence-electron chi connectivity index (χ2n) is 3.77. The summed E-state index contributed by atoms with van der Waals surface area (Å²) in [5.74, 6) is 1.39. The van der Waals surface area contributed by atoms with E-state index >= 15 is 0 Å². The topological polar surface area (TPSA) is 38.7 Å². The summed E-state index contributed by atoms with van der Waals surface area (Å²) in [5.41, 5.74) is 0. The van der Waals surface area contributed by atoms with Crippen LogP contribution in [0.25, 0.3) is 0 Å². The molecule has 0 fully saturated rings. The van der Waals surface area contributed by atoms with Gasteiger partial charge in [-0.2, -0.15) is 0 Å². The second-order valence-corrected chi connectivity index (χ2v) is 3.77. The van der Waals surface area contributed by atoms with E-state index in [1.165, 1.54) is 0 Å². The van der Waals surface area contributed by atoms with Crippen LogP contribution < -0.4 is 9.47 Å². The van der Waals surface area contributed by atoms with Crippen LogP contribution >= 0.6 is 0 Å². The van der Waals surface area contributed by atoms with Crippen LogP contribution in [0, 0.1) is 0 Å². The van der Waals surface area contributed by atoms with Gasteiger partial charge in [0.2, 0.25) is 0 Å². The quantitative estimate of drug-likeness (QED) is 0.810. The molecule has 3 nitrogen and oxygen atoms in total. The SMILES string of the molecule is CC(O)COc1ccccc1OC(C)C. The smallest absolute Gasteiger partial charge is 0.161 e. The predicted octanol–water partition coefficient (Wildman–Crippen LogP) is 2.23. The van der Waals surface area contributed by atoms with Gasteiger partial charge in [0.1, 0.15) is 6.61 Å². The lowest BCUT2D eigenvalue weighted by Crippen LogP contribution is -2.14. The summed E-state index contributed by atoms with van der Waals surface area (Å²) in [6.07, 6.45) is -0.363. The molecule has 3 heteroatoms. The van der Waals surface area contributed by atoms with Crippen LogP contribution in [0.3, 0.4) is 0 Å². The van der Waals surface area contributed by atoms with Crippen molar-refractivity contribution in [2.24, 2.45) is 0 Å². The van der Waals surface area contributed by atoms with Crippen LogP contribution in [-0.2, 0) is 0 Å². The first kappa shape index (κ1) is 11.9. The van der Waals surface area contributed by atoms with Crippen LogP contribution in [0.1, 0.15) is 20.8 Å². The minimum Gasteiger partial charge on any atom is -0.487 e. The van der Waals surface area contributed by atoms with E-state index < -0.39 is 6.10 Å². The van der Waals surface area contributed by atoms with E-state index in [0.29, 0.717) is 11.5 Å². The monoisotopic (exact) mass is 210 g/mol. The predicted molar refractivity (Wildman–Crippen MR) is 59.4 cm³/mol. The Balaban J connectivity index is 2.68. The van der Waals surface area contributed by atoms with Gasteiger partial charge < -0.3 is 14.6 Å². The number of hydrogen-bond donors (Lipinski definition) is 1. The Hall–Kier alpha value is -1.22. The standard InChI is InChI=1S/C12H18O3/c1-9(2)15-12-7-5-4-6-11(12)14-8-10(3)13/h4-7,9-10,13H,8H2,1-3H3. The highest BCUT2D eigenvalue weighted by Gasteiger charge is 2.06. The van der Waals surface area contributed by atoms with Crippen molar-refractivity contribution in [1.29, 1.82) is 0 Å². The Labute approximate surface area is 90.6 Å². The van der Waals surface area contributed by atoms with Gasteiger partial charge in [-0.25, -0.2) is 0 Å². The minimum atomic E-state index is -0.475. The van der Waals surface area contributed by atoms with Gasteiger partial charge in [-0.05, 0) is 32.9 Å². The Morgan fingerprint density at radius 2 is 1.73 bits per heavy atom. The fourth-order valence-corrected chi connectivity index (χ4v) is 1.13. The molecule has 1 aromatic carbocycles. The fourth-order valence-electron chi connectivity index (χ4n) is 1.13. The summed E-state index contributed by atoms with van der Waals surface area (Å²) in [6.45, 7) is 5.89. The summed E-state index contributed by atoms with van der Waals surface area (Å²) in [4.78, 5) is 0. The molecule has 1 aromatic rings. The molecule has 0 radical (unpaired) electrons. The lowest BCUT2D eigenvalue weighted by Gasteiger charge is -2.15. The van der Waals surface area contributed by atoms with Crippen LogP contribution in [0.15, 0.2) is 24.3 Å². The first-order chi connectivity index (χ1) is 7.09. The first-order valence-electron chi connectivity index (χ1n) is 5.16. The van der Waals surface area contributed by atoms with Crippen molar-refractivity contribution in [2.45, 2.75) is 33.0 Å². The van der Waals surface area contributed by atoms with Gasteiger partial charge in [0.15, 0.2) is 11.5 Å². The minimum absolute atomic E-state index is 0.112. The van der Waals surface area contributed by atoms with Crippen LogP contribution in [-0.4, -0.2) is 23.9 Å². The second kappa shape index (κ2) is 5.61. The lowest BCUT2D eigenvalue weighted by molar-refractivity contribution is 0.118. The molecule has 0 saturated carbocycles. The number of para-hydroxylation sites is 2. The number of aliphatic hydroxyl groups is 1. The summed E-state index contributed by atoms with van der Waals surface area (Å²) < 4.78 is 11.0. The molecule has 0 aliphatic carbocycles. The zero-order chi connectivity index (χ0) is 11.3. The highest BCUT2D eigenvalue weighted by molar-refractivity contribution is 5.39. The Morgan fingerprint density at radius 3 is 2.27 bits per heavy atom. The maximum Gasteiger partial charge on any atom is 0.161 e. The maximum atomic E-state index is 9.12. The Morgan fingerprint density at radius 1 is 1.13 bits per heavy atom. The van der Waals surface area contributed by atoms with E-state index in [2.05, 4.69) is 0 Å². The third-order valence-corrected chi connectivity index (χ3v) is 1.69. The van der Waals surface area contributed by atoms with Gasteiger partial charge in [0, 0.05) is 0 Å². The molecule has 15 heavy (non-hydrogen) atoms. The van der Waals surface area contributed by atoms with Gasteiger partial charge in [-0.1, -0.05) is 12.1 Å². The number of aliphatic hydroxyl groups excluding tert-OH is 1. The summed E-state index contributed by atoms with van der Waals surface area (Å²) >= 11 is 0. The van der Waals surface area contributed by atoms with E-state index in [-0.39, 0.29) is 12.7 Å². The summed E-state index contributed by atoms with van der Waals surface area (Å²) in [7, 11) is 0. The molecule has 0 spiro atoms. The molecule has 1 unspecified atom stereocenters. The number of ether oxygens (including phenoxy) is 2. The average Bonchev–Trinajstić information content (AvgIpc) is 2.15. The van der Waals surface area contributed by atoms with Crippen molar-refractivity contribution < 1.29 is 14.6 Å². The van der Waals surface area contributed by atoms with Gasteiger partial charge in [-0.3, -0.25) is 0 Å². The van der Waals surface area contributed by atoms with Crippen molar-refractivity contribution in [3.05, 3.63) is 24.3 Å². The maximum absolute atomic E-state index is 9.12. The first-order valence-corrected chi connectivity index (χ1v) is 5.16. The molecule has 1 rings (SSSR count). The number of rotatable bonds is 5. The molecule has 0 aromatic heterocycles. The molecule has 0 aliphatic heterocycles. The van der Waals surface area contributed by atoms with Crippen molar-refractivity contribution in [3.63, 3.8) is 0 Å². The normalized spacial score (nSPS) is 12.6. The molecule has 0 amide bonds. The van der Waals surface area contributed by atoms with Crippen molar-refractivity contribution in [1.82, 2.24) is 0 Å². The third kappa shape index (κ3) is 4.21. The largest absolute Gasteiger partial charge is 0.487 e. The lowest BCUT2D eigenvalue weighted by atomic mass is 10.3. The Kier molecular flexibility index (Phi) is 4.43. The van der Waals surface area contributed by atoms with E-state index in [4.69, 9.17) is 14.6 Å². The van der Waals surface area contributed by atoms with Gasteiger partial charge in [0.25, 0.3) is 0 Å². The molecule has 0 saturated heterocycles. The highest BCUT2D eigenvalue weighted by Crippen LogP contribution is 2.27. The van der Waals surface area contributed by atoms with Crippen molar-refractivity contribution in [3.8, 4) is 11.5 Å². The van der Waals surface area contributed by atoms with E-state index in [0.717, 1.165) is 0 Å². The van der Waals surface area contributed by atoms with Gasteiger partial charge in [0.05, 0.1) is 12.2 Å². The van der Waals surface area contributed by atoms with Crippen LogP contribution in [0.4, 0.5) is 0 Å². The number of benzene rings is 1.